The third-order valence-corrected chi connectivity index (χ3v) is 25.0. The summed E-state index contributed by atoms with van der Waals surface area (Å²) in [5.41, 5.74) is 5.99. The molecule has 4 aromatic rings. The Kier molecular flexibility index (Phi) is 36.0. The maximum Gasteiger partial charge on any atom is 0.411 e. The molecule has 0 aromatic heterocycles. The fraction of sp³-hybridized carbons (Fsp3) is 0.535. The summed E-state index contributed by atoms with van der Waals surface area (Å²) in [5.74, 6) is -2.50. The number of methoxy groups -OCH3 is 2. The Hall–Kier alpha value is -9.50. The molecule has 25 nitrogen and oxygen atoms in total. The fourth-order valence-corrected chi connectivity index (χ4v) is 13.6. The van der Waals surface area contributed by atoms with E-state index in [0.717, 1.165) is 11.1 Å². The first-order valence-electron chi connectivity index (χ1n) is 38.9. The number of benzene rings is 4. The lowest BCUT2D eigenvalue weighted by Gasteiger charge is -2.38. The van der Waals surface area contributed by atoms with E-state index in [1.54, 1.807) is 117 Å². The summed E-state index contributed by atoms with van der Waals surface area (Å²) >= 11 is 0. The molecule has 0 unspecified atom stereocenters. The van der Waals surface area contributed by atoms with Crippen molar-refractivity contribution in [2.45, 2.75) is 216 Å². The van der Waals surface area contributed by atoms with Crippen LogP contribution in [0.15, 0.2) is 109 Å². The van der Waals surface area contributed by atoms with Crippen molar-refractivity contribution >= 4 is 78.8 Å². The number of Topliss-reactive ketones (excluding diaryl/α,β-unsaturated/α-hetero) is 4. The number of nitrogens with zero attached hydrogens (tertiary/aromatic N) is 2. The molecular weight excluding hydrogens is 1450 g/mol. The molecule has 0 bridgehead atoms. The van der Waals surface area contributed by atoms with Crippen molar-refractivity contribution in [1.82, 2.24) is 20.4 Å². The maximum absolute atomic E-state index is 14.9. The predicted molar refractivity (Wildman–Crippen MR) is 432 cm³/mol. The predicted octanol–water partition coefficient (Wildman–Crippen LogP) is 15.3. The molecule has 112 heavy (non-hydrogen) atoms. The normalized spacial score (nSPS) is 15.3. The van der Waals surface area contributed by atoms with Gasteiger partial charge in [-0.2, -0.15) is 0 Å². The van der Waals surface area contributed by atoms with E-state index in [1.807, 2.05) is 53.9 Å². The zero-order valence-corrected chi connectivity index (χ0v) is 69.8. The Bertz CT molecular complexity index is 3980. The average molecular weight is 1570 g/mol. The molecule has 0 fully saturated rings. The first kappa shape index (κ1) is 91.4. The van der Waals surface area contributed by atoms with E-state index in [0.29, 0.717) is 91.9 Å². The number of hydrogen-bond donors (Lipinski definition) is 4. The maximum atomic E-state index is 14.9. The van der Waals surface area contributed by atoms with Crippen molar-refractivity contribution in [1.29, 1.82) is 0 Å². The molecule has 2 aliphatic heterocycles. The number of anilines is 2. The number of aryl methyl sites for hydroxylation is 1. The van der Waals surface area contributed by atoms with Crippen LogP contribution in [-0.2, 0) is 78.1 Å². The van der Waals surface area contributed by atoms with Crippen LogP contribution in [0.2, 0.25) is 18.1 Å². The van der Waals surface area contributed by atoms with Crippen molar-refractivity contribution in [3.63, 3.8) is 0 Å². The monoisotopic (exact) mass is 1570 g/mol. The van der Waals surface area contributed by atoms with Crippen molar-refractivity contribution in [2.24, 2.45) is 23.7 Å². The second-order valence-electron chi connectivity index (χ2n) is 31.4. The van der Waals surface area contributed by atoms with Crippen LogP contribution in [0, 0.1) is 30.6 Å². The highest BCUT2D eigenvalue weighted by molar-refractivity contribution is 6.74. The topological polar surface area (TPSA) is 308 Å². The molecule has 0 saturated heterocycles. The first-order valence-corrected chi connectivity index (χ1v) is 41.8. The van der Waals surface area contributed by atoms with Crippen LogP contribution in [0.4, 0.5) is 25.8 Å². The van der Waals surface area contributed by atoms with Crippen molar-refractivity contribution < 1.29 is 90.3 Å². The number of hydrogen-bond acceptors (Lipinski definition) is 19. The zero-order valence-electron chi connectivity index (χ0n) is 68.8. The van der Waals surface area contributed by atoms with Gasteiger partial charge in [-0.25, -0.2) is 14.4 Å². The number of rotatable bonds is 45. The van der Waals surface area contributed by atoms with Gasteiger partial charge in [0.2, 0.25) is 5.91 Å². The summed E-state index contributed by atoms with van der Waals surface area (Å²) in [6, 6.07) is 18.3. The molecule has 612 valence electrons. The van der Waals surface area contributed by atoms with E-state index in [-0.39, 0.29) is 176 Å². The highest BCUT2D eigenvalue weighted by atomic mass is 28.4. The summed E-state index contributed by atoms with van der Waals surface area (Å²) < 4.78 is 52.0. The summed E-state index contributed by atoms with van der Waals surface area (Å²) in [4.78, 5) is 139. The number of ether oxygens (including phenoxy) is 8. The second kappa shape index (κ2) is 44.1. The van der Waals surface area contributed by atoms with Gasteiger partial charge >= 0.3 is 18.3 Å². The highest BCUT2D eigenvalue weighted by Crippen LogP contribution is 2.40. The van der Waals surface area contributed by atoms with Crippen LogP contribution < -0.4 is 35.5 Å². The average Bonchev–Trinajstić information content (AvgIpc) is 1.47. The lowest BCUT2D eigenvalue weighted by Crippen LogP contribution is -2.45. The van der Waals surface area contributed by atoms with E-state index in [2.05, 4.69) is 61.7 Å². The molecule has 4 aromatic carbocycles. The molecule has 0 aliphatic carbocycles. The molecule has 2 aliphatic rings. The molecule has 6 rings (SSSR count). The Labute approximate surface area is 662 Å². The smallest absolute Gasteiger partial charge is 0.411 e. The van der Waals surface area contributed by atoms with E-state index < -0.39 is 50.5 Å². The minimum absolute atomic E-state index is 0.00841. The number of unbranched alkanes of at least 4 members (excludes halogenated alkanes) is 2. The van der Waals surface area contributed by atoms with Gasteiger partial charge in [0.15, 0.2) is 31.4 Å². The third-order valence-electron chi connectivity index (χ3n) is 20.5. The third kappa shape index (κ3) is 28.0. The summed E-state index contributed by atoms with van der Waals surface area (Å²) in [5, 5.41) is 11.0. The Morgan fingerprint density at radius 2 is 1.12 bits per heavy atom. The number of carbonyl (C=O) groups is 10. The zero-order chi connectivity index (χ0) is 82.6. The highest BCUT2D eigenvalue weighted by Gasteiger charge is 2.40. The van der Waals surface area contributed by atoms with E-state index in [4.69, 9.17) is 42.3 Å². The SMILES string of the molecule is C=CCOC(=O)N[C@@H](C(=O)C[C@H](C)C(=O)Cc1ccc(COC(=O)Nc2cc(OCCCCCOc3cc(NC(=O)OCc4ccc(CC(=O)[C@@H](C)NC(=O)[C@H](CC(=O)CCOCCOC)C(C)C)cc4)c(C(=O)N4C=C(C)C[C@H]4CO[Si](C)(C)C(C)(C)C)cc3C)c(OC)cc2C(=O)N2C=C(C)C[C@H]2CC)cc1)C(C)C. The van der Waals surface area contributed by atoms with Gasteiger partial charge in [-0.3, -0.25) is 44.2 Å². The van der Waals surface area contributed by atoms with Gasteiger partial charge < -0.3 is 62.8 Å². The van der Waals surface area contributed by atoms with Gasteiger partial charge in [-0.05, 0) is 136 Å². The van der Waals surface area contributed by atoms with Crippen molar-refractivity contribution in [2.75, 3.05) is 71.1 Å². The summed E-state index contributed by atoms with van der Waals surface area (Å²) in [6.45, 7) is 34.3. The van der Waals surface area contributed by atoms with Crippen LogP contribution in [0.5, 0.6) is 17.2 Å². The molecule has 4 N–H and O–H groups in total. The van der Waals surface area contributed by atoms with Gasteiger partial charge in [0.25, 0.3) is 11.8 Å². The Morgan fingerprint density at radius 1 is 0.589 bits per heavy atom. The van der Waals surface area contributed by atoms with Gasteiger partial charge in [-0.1, -0.05) is 135 Å². The Morgan fingerprint density at radius 3 is 1.64 bits per heavy atom. The number of nitrogens with one attached hydrogen (secondary N) is 4. The lowest BCUT2D eigenvalue weighted by molar-refractivity contribution is -0.133. The van der Waals surface area contributed by atoms with Crippen LogP contribution in [0.1, 0.15) is 189 Å². The van der Waals surface area contributed by atoms with Crippen molar-refractivity contribution in [3.8, 4) is 17.2 Å². The first-order chi connectivity index (χ1) is 53.1. The number of alkyl carbamates (subject to hydrolysis) is 1. The number of carbonyl (C=O) groups excluding carboxylic acids is 10. The molecule has 0 spiro atoms. The van der Waals surface area contributed by atoms with Crippen LogP contribution in [-0.4, -0.2) is 162 Å². The molecule has 6 atom stereocenters. The lowest BCUT2D eigenvalue weighted by atomic mass is 9.88. The van der Waals surface area contributed by atoms with E-state index in [1.165, 1.54) is 13.2 Å². The second-order valence-corrected chi connectivity index (χ2v) is 36.2. The quantitative estimate of drug-likeness (QED) is 0.0138. The molecule has 0 radical (unpaired) electrons. The van der Waals surface area contributed by atoms with Crippen LogP contribution in [0.25, 0.3) is 0 Å². The van der Waals surface area contributed by atoms with Gasteiger partial charge in [0.05, 0.1) is 87.4 Å². The van der Waals surface area contributed by atoms with Crippen molar-refractivity contribution in [3.05, 3.63) is 148 Å². The molecule has 2 heterocycles. The largest absolute Gasteiger partial charge is 0.493 e. The molecule has 26 heteroatoms. The Balaban J connectivity index is 1.09. The fourth-order valence-electron chi connectivity index (χ4n) is 12.5. The van der Waals surface area contributed by atoms with Crippen LogP contribution >= 0.6 is 0 Å². The van der Waals surface area contributed by atoms with E-state index >= 15 is 0 Å². The van der Waals surface area contributed by atoms with E-state index in [9.17, 15) is 47.9 Å². The molecule has 6 amide bonds. The standard InChI is InChI=1S/C86H120N6O19Si/c1-19-33-108-85(102)90-79(55(5)6)75(96)42-58(9)73(94)43-61-24-28-63(29-25-61)51-110-84(101)89-72-48-78(77(104-16)46-70(72)82(99)91-49-56(7)39-65(91)20-2)107-35-23-21-22-34-106-76-47-71(69(41-59(76)10)81(98)92-50-57(8)40-66(92)53-111-112(17,18)86(12,13)14)88-83(100)109-52-64-30-26-62(27-31-64)44-74(95)60(11)87-80(97)68(54(3)4)45-67(93)32-36-105-38-37-103-15/h19,24-31,41,46-50,54-55,58,60,65-66,68,79H,1,20-23,32-40,42-45,51-53H2,2-18H3,(H,87,97)(H,88,100)(H,89,101)(H,90,102)/t58-,60+,65+,66-,68+,79+/m0/s1. The molecular formula is C86H120N6O19Si. The number of amides is 6. The number of ketones is 4. The summed E-state index contributed by atoms with van der Waals surface area (Å²) in [6.07, 6.45) is 6.64. The van der Waals surface area contributed by atoms with Gasteiger partial charge in [0.1, 0.15) is 37.1 Å². The van der Waals surface area contributed by atoms with Gasteiger partial charge in [0, 0.05) is 81.6 Å². The minimum Gasteiger partial charge on any atom is -0.493 e. The molecule has 0 saturated carbocycles. The van der Waals surface area contributed by atoms with Crippen LogP contribution in [0.3, 0.4) is 0 Å². The summed E-state index contributed by atoms with van der Waals surface area (Å²) in [7, 11) is 0.826. The van der Waals surface area contributed by atoms with Gasteiger partial charge in [-0.15, -0.1) is 0 Å². The minimum atomic E-state index is -2.20.